The number of nitrogens with zero attached hydrogens (tertiary/aromatic N) is 1. The summed E-state index contributed by atoms with van der Waals surface area (Å²) in [6.07, 6.45) is 1.93. The maximum Gasteiger partial charge on any atom is 0.259 e. The molecule has 3 aromatic rings. The van der Waals surface area contributed by atoms with Gasteiger partial charge in [0.1, 0.15) is 0 Å². The van der Waals surface area contributed by atoms with Crippen molar-refractivity contribution in [2.75, 3.05) is 0 Å². The molecule has 2 aromatic carbocycles. The Hall–Kier alpha value is -2.35. The van der Waals surface area contributed by atoms with Gasteiger partial charge < -0.3 is 4.57 Å². The Morgan fingerprint density at radius 2 is 1.63 bits per heavy atom. The van der Waals surface area contributed by atoms with Gasteiger partial charge >= 0.3 is 0 Å². The molecule has 1 heterocycles. The number of benzene rings is 2. The molecule has 0 bridgehead atoms. The smallest absolute Gasteiger partial charge is 0.259 e. The summed E-state index contributed by atoms with van der Waals surface area (Å²) in [4.78, 5) is 12.6. The molecule has 0 saturated heterocycles. The first-order valence-electron chi connectivity index (χ1n) is 6.49. The number of hydrogen-bond acceptors (Lipinski definition) is 1. The van der Waals surface area contributed by atoms with E-state index in [-0.39, 0.29) is 5.56 Å². The predicted octanol–water partition coefficient (Wildman–Crippen LogP) is 3.69. The first kappa shape index (κ1) is 11.7. The summed E-state index contributed by atoms with van der Waals surface area (Å²) < 4.78 is 1.77. The van der Waals surface area contributed by atoms with Crippen LogP contribution in [-0.2, 0) is 6.54 Å². The van der Waals surface area contributed by atoms with Crippen LogP contribution in [-0.4, -0.2) is 4.57 Å². The van der Waals surface area contributed by atoms with E-state index in [9.17, 15) is 4.79 Å². The summed E-state index contributed by atoms with van der Waals surface area (Å²) in [5, 5.41) is 2.12. The first-order chi connectivity index (χ1) is 9.31. The normalized spacial score (nSPS) is 10.8. The van der Waals surface area contributed by atoms with E-state index in [4.69, 9.17) is 0 Å². The van der Waals surface area contributed by atoms with Gasteiger partial charge in [0.05, 0.1) is 5.56 Å². The molecule has 0 atom stereocenters. The van der Waals surface area contributed by atoms with Crippen molar-refractivity contribution in [3.05, 3.63) is 71.1 Å². The Morgan fingerprint density at radius 1 is 0.947 bits per heavy atom. The van der Waals surface area contributed by atoms with Gasteiger partial charge in [-0.05, 0) is 23.3 Å². The van der Waals surface area contributed by atoms with Crippen LogP contribution in [0.15, 0.2) is 65.6 Å². The lowest BCUT2D eigenvalue weighted by Gasteiger charge is -2.10. The van der Waals surface area contributed by atoms with Crippen LogP contribution in [0.5, 0.6) is 0 Å². The molecular formula is C17H15NO. The van der Waals surface area contributed by atoms with Crippen LogP contribution in [0.1, 0.15) is 6.92 Å². The molecular weight excluding hydrogens is 234 g/mol. The fourth-order valence-electron chi connectivity index (χ4n) is 2.44. The fourth-order valence-corrected chi connectivity index (χ4v) is 2.44. The molecule has 0 aliphatic heterocycles. The Balaban J connectivity index is 2.45. The van der Waals surface area contributed by atoms with Crippen LogP contribution < -0.4 is 5.56 Å². The molecule has 2 nitrogen and oxygen atoms in total. The van der Waals surface area contributed by atoms with E-state index in [1.54, 1.807) is 4.57 Å². The summed E-state index contributed by atoms with van der Waals surface area (Å²) in [5.74, 6) is 0. The zero-order valence-electron chi connectivity index (χ0n) is 10.8. The summed E-state index contributed by atoms with van der Waals surface area (Å²) in [5.41, 5.74) is 1.85. The van der Waals surface area contributed by atoms with E-state index in [1.807, 2.05) is 67.7 Å². The van der Waals surface area contributed by atoms with Crippen molar-refractivity contribution in [2.45, 2.75) is 13.5 Å². The van der Waals surface area contributed by atoms with E-state index in [0.717, 1.165) is 21.9 Å². The summed E-state index contributed by atoms with van der Waals surface area (Å²) in [6, 6.07) is 17.9. The second-order valence-corrected chi connectivity index (χ2v) is 4.55. The minimum absolute atomic E-state index is 0.0763. The van der Waals surface area contributed by atoms with Gasteiger partial charge in [0.25, 0.3) is 5.56 Å². The average Bonchev–Trinajstić information content (AvgIpc) is 2.47. The number of aromatic nitrogens is 1. The molecule has 19 heavy (non-hydrogen) atoms. The molecule has 2 heteroatoms. The lowest BCUT2D eigenvalue weighted by Crippen LogP contribution is -2.20. The van der Waals surface area contributed by atoms with Crippen LogP contribution >= 0.6 is 0 Å². The fraction of sp³-hybridized carbons (Fsp3) is 0.118. The topological polar surface area (TPSA) is 22.0 Å². The van der Waals surface area contributed by atoms with Crippen LogP contribution in [0.2, 0.25) is 0 Å². The molecule has 94 valence electrons. The molecule has 0 fully saturated rings. The van der Waals surface area contributed by atoms with E-state index in [2.05, 4.69) is 0 Å². The molecule has 0 unspecified atom stereocenters. The van der Waals surface area contributed by atoms with Crippen molar-refractivity contribution in [2.24, 2.45) is 0 Å². The second-order valence-electron chi connectivity index (χ2n) is 4.55. The number of hydrogen-bond donors (Lipinski definition) is 0. The second kappa shape index (κ2) is 4.73. The summed E-state index contributed by atoms with van der Waals surface area (Å²) >= 11 is 0. The quantitative estimate of drug-likeness (QED) is 0.679. The molecule has 0 amide bonds. The van der Waals surface area contributed by atoms with Gasteiger partial charge in [0.2, 0.25) is 0 Å². The van der Waals surface area contributed by atoms with Crippen LogP contribution in [0, 0.1) is 0 Å². The Bertz CT molecular complexity index is 772. The number of rotatable bonds is 2. The van der Waals surface area contributed by atoms with E-state index in [0.29, 0.717) is 6.54 Å². The van der Waals surface area contributed by atoms with Crippen molar-refractivity contribution >= 4 is 10.8 Å². The zero-order valence-corrected chi connectivity index (χ0v) is 10.8. The molecule has 0 aliphatic carbocycles. The van der Waals surface area contributed by atoms with Gasteiger partial charge in [-0.3, -0.25) is 4.79 Å². The monoisotopic (exact) mass is 249 g/mol. The summed E-state index contributed by atoms with van der Waals surface area (Å²) in [7, 11) is 0. The minimum atomic E-state index is 0.0763. The maximum absolute atomic E-state index is 12.6. The largest absolute Gasteiger partial charge is 0.315 e. The third-order valence-electron chi connectivity index (χ3n) is 3.40. The highest BCUT2D eigenvalue weighted by Crippen LogP contribution is 2.24. The zero-order chi connectivity index (χ0) is 13.2. The standard InChI is InChI=1S/C17H15NO/c1-2-18-12-14-10-6-7-11-15(14)16(17(18)19)13-8-4-3-5-9-13/h3-12H,2H2,1H3. The predicted molar refractivity (Wildman–Crippen MR) is 79.3 cm³/mol. The van der Waals surface area contributed by atoms with E-state index in [1.165, 1.54) is 0 Å². The number of pyridine rings is 1. The van der Waals surface area contributed by atoms with Gasteiger partial charge in [0, 0.05) is 12.7 Å². The molecule has 0 N–H and O–H groups in total. The SMILES string of the molecule is CCn1cc2ccccc2c(-c2ccccc2)c1=O. The highest BCUT2D eigenvalue weighted by atomic mass is 16.1. The van der Waals surface area contributed by atoms with Gasteiger partial charge in [-0.25, -0.2) is 0 Å². The van der Waals surface area contributed by atoms with E-state index < -0.39 is 0 Å². The van der Waals surface area contributed by atoms with Crippen molar-refractivity contribution in [1.29, 1.82) is 0 Å². The van der Waals surface area contributed by atoms with Gasteiger partial charge in [-0.15, -0.1) is 0 Å². The third-order valence-corrected chi connectivity index (χ3v) is 3.40. The third kappa shape index (κ3) is 1.95. The van der Waals surface area contributed by atoms with E-state index >= 15 is 0 Å². The molecule has 1 aromatic heterocycles. The highest BCUT2D eigenvalue weighted by Gasteiger charge is 2.10. The van der Waals surface area contributed by atoms with Gasteiger partial charge in [0.15, 0.2) is 0 Å². The molecule has 0 radical (unpaired) electrons. The lowest BCUT2D eigenvalue weighted by atomic mass is 10.0. The Morgan fingerprint density at radius 3 is 2.37 bits per heavy atom. The molecule has 0 saturated carbocycles. The number of aryl methyl sites for hydroxylation is 1. The molecule has 0 spiro atoms. The average molecular weight is 249 g/mol. The van der Waals surface area contributed by atoms with Crippen LogP contribution in [0.3, 0.4) is 0 Å². The maximum atomic E-state index is 12.6. The lowest BCUT2D eigenvalue weighted by molar-refractivity contribution is 0.735. The summed E-state index contributed by atoms with van der Waals surface area (Å²) in [6.45, 7) is 2.68. The van der Waals surface area contributed by atoms with Crippen molar-refractivity contribution < 1.29 is 0 Å². The van der Waals surface area contributed by atoms with Gasteiger partial charge in [-0.1, -0.05) is 54.6 Å². The first-order valence-corrected chi connectivity index (χ1v) is 6.49. The molecule has 0 aliphatic rings. The van der Waals surface area contributed by atoms with Crippen molar-refractivity contribution in [3.8, 4) is 11.1 Å². The van der Waals surface area contributed by atoms with Crippen molar-refractivity contribution in [1.82, 2.24) is 4.57 Å². The molecule has 3 rings (SSSR count). The Labute approximate surface area is 111 Å². The minimum Gasteiger partial charge on any atom is -0.315 e. The number of fused-ring (bicyclic) bond motifs is 1. The van der Waals surface area contributed by atoms with Crippen LogP contribution in [0.25, 0.3) is 21.9 Å². The van der Waals surface area contributed by atoms with Crippen LogP contribution in [0.4, 0.5) is 0 Å². The van der Waals surface area contributed by atoms with Crippen molar-refractivity contribution in [3.63, 3.8) is 0 Å². The Kier molecular flexibility index (Phi) is 2.92. The van der Waals surface area contributed by atoms with Gasteiger partial charge in [-0.2, -0.15) is 0 Å². The highest BCUT2D eigenvalue weighted by molar-refractivity contribution is 5.95.